The molecule has 3 rings (SSSR count). The van der Waals surface area contributed by atoms with Gasteiger partial charge in [-0.1, -0.05) is 29.8 Å². The summed E-state index contributed by atoms with van der Waals surface area (Å²) in [7, 11) is 0. The molecule has 0 aliphatic carbocycles. The van der Waals surface area contributed by atoms with Gasteiger partial charge in [0.2, 0.25) is 0 Å². The fraction of sp³-hybridized carbons (Fsp3) is 0.375. The highest BCUT2D eigenvalue weighted by molar-refractivity contribution is 6.33. The van der Waals surface area contributed by atoms with Gasteiger partial charge in [-0.25, -0.2) is 0 Å². The maximum Gasteiger partial charge on any atom is 0.269 e. The van der Waals surface area contributed by atoms with Crippen LogP contribution >= 0.6 is 11.6 Å². The number of piperidine rings is 1. The number of amides is 1. The summed E-state index contributed by atoms with van der Waals surface area (Å²) in [5, 5.41) is 14.0. The van der Waals surface area contributed by atoms with Gasteiger partial charge in [-0.3, -0.25) is 9.89 Å². The Balaban J connectivity index is 1.73. The molecule has 1 aliphatic heterocycles. The summed E-state index contributed by atoms with van der Waals surface area (Å²) in [6.07, 6.45) is 2.06. The quantitative estimate of drug-likeness (QED) is 0.814. The summed E-state index contributed by atoms with van der Waals surface area (Å²) in [5.74, 6) is -0.133. The zero-order valence-electron chi connectivity index (χ0n) is 12.4. The van der Waals surface area contributed by atoms with Crippen molar-refractivity contribution < 1.29 is 4.79 Å². The van der Waals surface area contributed by atoms with E-state index in [1.807, 2.05) is 18.2 Å². The number of carbonyl (C=O) groups is 1. The van der Waals surface area contributed by atoms with Gasteiger partial charge in [0.15, 0.2) is 0 Å². The summed E-state index contributed by atoms with van der Waals surface area (Å²) in [4.78, 5) is 12.3. The molecular formula is C16H19ClN4O. The second-order valence-corrected chi connectivity index (χ2v) is 6.02. The average Bonchev–Trinajstić information content (AvgIpc) is 3.00. The molecule has 1 aromatic heterocycles. The second-order valence-electron chi connectivity index (χ2n) is 5.61. The highest BCUT2D eigenvalue weighted by atomic mass is 35.5. The van der Waals surface area contributed by atoms with Gasteiger partial charge in [0, 0.05) is 17.6 Å². The van der Waals surface area contributed by atoms with Crippen LogP contribution in [0.15, 0.2) is 30.3 Å². The van der Waals surface area contributed by atoms with E-state index in [4.69, 9.17) is 11.6 Å². The molecule has 6 heteroatoms. The molecule has 5 nitrogen and oxygen atoms in total. The van der Waals surface area contributed by atoms with Gasteiger partial charge < -0.3 is 10.6 Å². The van der Waals surface area contributed by atoms with Crippen LogP contribution in [0.5, 0.6) is 0 Å². The predicted molar refractivity (Wildman–Crippen MR) is 87.0 cm³/mol. The number of nitrogens with zero attached hydrogens (tertiary/aromatic N) is 1. The molecule has 0 bridgehead atoms. The molecule has 1 saturated heterocycles. The van der Waals surface area contributed by atoms with E-state index in [1.54, 1.807) is 12.1 Å². The standard InChI is InChI=1S/C16H19ClN4O/c1-10-13(7-4-8-18-10)19-16(22)15-9-14(20-21-15)11-5-2-3-6-12(11)17/h2-3,5-6,9-10,13,18H,4,7-8H2,1H3,(H,19,22)(H,20,21). The SMILES string of the molecule is CC1NCCCC1NC(=O)c1cc(-c2ccccc2Cl)n[nH]1. The van der Waals surface area contributed by atoms with Crippen molar-refractivity contribution in [3.05, 3.63) is 41.0 Å². The fourth-order valence-electron chi connectivity index (χ4n) is 2.73. The van der Waals surface area contributed by atoms with Gasteiger partial charge in [-0.2, -0.15) is 5.10 Å². The van der Waals surface area contributed by atoms with Crippen molar-refractivity contribution in [3.8, 4) is 11.3 Å². The summed E-state index contributed by atoms with van der Waals surface area (Å²) >= 11 is 6.16. The van der Waals surface area contributed by atoms with E-state index in [-0.39, 0.29) is 18.0 Å². The van der Waals surface area contributed by atoms with Crippen molar-refractivity contribution in [2.75, 3.05) is 6.54 Å². The third-order valence-corrected chi connectivity index (χ3v) is 4.38. The molecule has 2 atom stereocenters. The van der Waals surface area contributed by atoms with E-state index < -0.39 is 0 Å². The molecule has 1 aromatic carbocycles. The molecule has 2 aromatic rings. The van der Waals surface area contributed by atoms with E-state index in [1.165, 1.54) is 0 Å². The smallest absolute Gasteiger partial charge is 0.269 e. The second kappa shape index (κ2) is 6.50. The summed E-state index contributed by atoms with van der Waals surface area (Å²) in [6, 6.07) is 9.61. The van der Waals surface area contributed by atoms with Crippen LogP contribution in [-0.2, 0) is 0 Å². The molecule has 22 heavy (non-hydrogen) atoms. The minimum Gasteiger partial charge on any atom is -0.346 e. The van der Waals surface area contributed by atoms with Gasteiger partial charge in [-0.05, 0) is 38.4 Å². The van der Waals surface area contributed by atoms with Crippen LogP contribution in [0.25, 0.3) is 11.3 Å². The van der Waals surface area contributed by atoms with Crippen molar-refractivity contribution in [2.45, 2.75) is 31.8 Å². The molecule has 1 aliphatic rings. The Bertz CT molecular complexity index is 670. The van der Waals surface area contributed by atoms with Crippen LogP contribution in [0.2, 0.25) is 5.02 Å². The zero-order chi connectivity index (χ0) is 15.5. The first-order chi connectivity index (χ1) is 10.6. The Kier molecular flexibility index (Phi) is 4.45. The minimum absolute atomic E-state index is 0.133. The van der Waals surface area contributed by atoms with E-state index >= 15 is 0 Å². The third kappa shape index (κ3) is 3.15. The Morgan fingerprint density at radius 2 is 2.23 bits per heavy atom. The highest BCUT2D eigenvalue weighted by Crippen LogP contribution is 2.26. The van der Waals surface area contributed by atoms with Gasteiger partial charge >= 0.3 is 0 Å². The summed E-state index contributed by atoms with van der Waals surface area (Å²) in [5.41, 5.74) is 1.94. The Hall–Kier alpha value is -1.85. The van der Waals surface area contributed by atoms with Gasteiger partial charge in [0.25, 0.3) is 5.91 Å². The minimum atomic E-state index is -0.133. The number of carbonyl (C=O) groups excluding carboxylic acids is 1. The number of hydrogen-bond donors (Lipinski definition) is 3. The van der Waals surface area contributed by atoms with E-state index in [0.717, 1.165) is 24.9 Å². The number of benzene rings is 1. The number of nitrogens with one attached hydrogen (secondary N) is 3. The maximum atomic E-state index is 12.3. The summed E-state index contributed by atoms with van der Waals surface area (Å²) in [6.45, 7) is 3.10. The van der Waals surface area contributed by atoms with Crippen LogP contribution in [0.1, 0.15) is 30.3 Å². The van der Waals surface area contributed by atoms with Crippen molar-refractivity contribution in [1.29, 1.82) is 0 Å². The Labute approximate surface area is 134 Å². The Morgan fingerprint density at radius 1 is 1.41 bits per heavy atom. The number of rotatable bonds is 3. The molecule has 2 unspecified atom stereocenters. The van der Waals surface area contributed by atoms with E-state index in [0.29, 0.717) is 16.4 Å². The van der Waals surface area contributed by atoms with Gasteiger partial charge in [0.1, 0.15) is 5.69 Å². The third-order valence-electron chi connectivity index (χ3n) is 4.05. The van der Waals surface area contributed by atoms with Crippen LogP contribution < -0.4 is 10.6 Å². The van der Waals surface area contributed by atoms with Crippen LogP contribution in [0.3, 0.4) is 0 Å². The average molecular weight is 319 g/mol. The van der Waals surface area contributed by atoms with Gasteiger partial charge in [-0.15, -0.1) is 0 Å². The van der Waals surface area contributed by atoms with E-state index in [9.17, 15) is 4.79 Å². The maximum absolute atomic E-state index is 12.3. The number of halogens is 1. The topological polar surface area (TPSA) is 69.8 Å². The van der Waals surface area contributed by atoms with Crippen molar-refractivity contribution in [1.82, 2.24) is 20.8 Å². The normalized spacial score (nSPS) is 21.5. The first-order valence-electron chi connectivity index (χ1n) is 7.49. The first kappa shape index (κ1) is 15.1. The number of H-pyrrole nitrogens is 1. The molecule has 1 amide bonds. The lowest BCUT2D eigenvalue weighted by Crippen LogP contribution is -2.51. The molecule has 2 heterocycles. The molecule has 0 spiro atoms. The first-order valence-corrected chi connectivity index (χ1v) is 7.87. The molecule has 116 valence electrons. The Morgan fingerprint density at radius 3 is 3.00 bits per heavy atom. The lowest BCUT2D eigenvalue weighted by atomic mass is 10.00. The molecule has 0 saturated carbocycles. The molecular weight excluding hydrogens is 300 g/mol. The highest BCUT2D eigenvalue weighted by Gasteiger charge is 2.23. The van der Waals surface area contributed by atoms with Crippen molar-refractivity contribution in [2.24, 2.45) is 0 Å². The fourth-order valence-corrected chi connectivity index (χ4v) is 2.96. The van der Waals surface area contributed by atoms with Crippen LogP contribution in [0, 0.1) is 0 Å². The molecule has 1 fully saturated rings. The van der Waals surface area contributed by atoms with Crippen LogP contribution in [-0.4, -0.2) is 34.7 Å². The molecule has 0 radical (unpaired) electrons. The van der Waals surface area contributed by atoms with Crippen molar-refractivity contribution >= 4 is 17.5 Å². The van der Waals surface area contributed by atoms with Crippen LogP contribution in [0.4, 0.5) is 0 Å². The zero-order valence-corrected chi connectivity index (χ0v) is 13.2. The lowest BCUT2D eigenvalue weighted by molar-refractivity contribution is 0.0914. The number of aromatic nitrogens is 2. The van der Waals surface area contributed by atoms with E-state index in [2.05, 4.69) is 27.8 Å². The van der Waals surface area contributed by atoms with Gasteiger partial charge in [0.05, 0.1) is 10.7 Å². The predicted octanol–water partition coefficient (Wildman–Crippen LogP) is 2.60. The lowest BCUT2D eigenvalue weighted by Gasteiger charge is -2.30. The van der Waals surface area contributed by atoms with Crippen molar-refractivity contribution in [3.63, 3.8) is 0 Å². The number of aromatic amines is 1. The number of hydrogen-bond acceptors (Lipinski definition) is 3. The largest absolute Gasteiger partial charge is 0.346 e. The monoisotopic (exact) mass is 318 g/mol. The summed E-state index contributed by atoms with van der Waals surface area (Å²) < 4.78 is 0. The molecule has 3 N–H and O–H groups in total.